The van der Waals surface area contributed by atoms with Crippen LogP contribution in [0.25, 0.3) is 0 Å². The number of hydrogen-bond donors (Lipinski definition) is 2. The van der Waals surface area contributed by atoms with Gasteiger partial charge in [-0.25, -0.2) is 4.79 Å². The highest BCUT2D eigenvalue weighted by atomic mass is 16.6. The number of aliphatic hydroxyl groups excluding tert-OH is 1. The van der Waals surface area contributed by atoms with Gasteiger partial charge in [-0.15, -0.1) is 0 Å². The van der Waals surface area contributed by atoms with Crippen molar-refractivity contribution in [2.24, 2.45) is 12.5 Å². The Morgan fingerprint density at radius 3 is 2.50 bits per heavy atom. The van der Waals surface area contributed by atoms with Gasteiger partial charge < -0.3 is 15.2 Å². The summed E-state index contributed by atoms with van der Waals surface area (Å²) in [4.78, 5) is 11.8. The maximum absolute atomic E-state index is 11.8. The Morgan fingerprint density at radius 1 is 1.45 bits per heavy atom. The third kappa shape index (κ3) is 5.33. The van der Waals surface area contributed by atoms with Gasteiger partial charge in [0.2, 0.25) is 0 Å². The fraction of sp³-hybridized carbons (Fsp3) is 0.750. The minimum absolute atomic E-state index is 0.0104. The van der Waals surface area contributed by atoms with Gasteiger partial charge in [-0.05, 0) is 46.6 Å². The average Bonchev–Trinajstić information content (AvgIpc) is 2.71. The second-order valence-electron chi connectivity index (χ2n) is 6.94. The van der Waals surface area contributed by atoms with Crippen LogP contribution in [0.15, 0.2) is 6.07 Å². The van der Waals surface area contributed by atoms with Crippen LogP contribution in [0.2, 0.25) is 0 Å². The smallest absolute Gasteiger partial charge is 0.407 e. The van der Waals surface area contributed by atoms with Crippen LogP contribution in [-0.2, 0) is 18.2 Å². The second-order valence-corrected chi connectivity index (χ2v) is 6.94. The summed E-state index contributed by atoms with van der Waals surface area (Å²) in [6, 6.07) is 2.01. The number of rotatable bonds is 6. The highest BCUT2D eigenvalue weighted by molar-refractivity contribution is 5.67. The molecule has 0 saturated carbocycles. The second kappa shape index (κ2) is 7.13. The molecule has 0 fully saturated rings. The van der Waals surface area contributed by atoms with Crippen LogP contribution in [-0.4, -0.2) is 39.7 Å². The van der Waals surface area contributed by atoms with Crippen molar-refractivity contribution in [1.29, 1.82) is 0 Å². The largest absolute Gasteiger partial charge is 0.444 e. The molecule has 0 aliphatic heterocycles. The predicted octanol–water partition coefficient (Wildman–Crippen LogP) is 2.18. The average molecular weight is 311 g/mol. The summed E-state index contributed by atoms with van der Waals surface area (Å²) in [6.07, 6.45) is 0.927. The van der Waals surface area contributed by atoms with Crippen LogP contribution in [0.3, 0.4) is 0 Å². The molecule has 0 radical (unpaired) electrons. The van der Waals surface area contributed by atoms with Crippen molar-refractivity contribution in [3.63, 3.8) is 0 Å². The van der Waals surface area contributed by atoms with Crippen molar-refractivity contribution in [1.82, 2.24) is 15.1 Å². The lowest BCUT2D eigenvalue weighted by atomic mass is 9.81. The van der Waals surface area contributed by atoms with Crippen LogP contribution in [0.1, 0.15) is 45.5 Å². The molecule has 22 heavy (non-hydrogen) atoms. The number of alkyl carbamates (subject to hydrolysis) is 1. The van der Waals surface area contributed by atoms with Crippen molar-refractivity contribution >= 4 is 6.09 Å². The van der Waals surface area contributed by atoms with Gasteiger partial charge in [0.25, 0.3) is 0 Å². The van der Waals surface area contributed by atoms with Gasteiger partial charge in [-0.1, -0.05) is 6.92 Å². The molecule has 126 valence electrons. The molecule has 6 heteroatoms. The first-order chi connectivity index (χ1) is 10.1. The predicted molar refractivity (Wildman–Crippen MR) is 85.7 cm³/mol. The van der Waals surface area contributed by atoms with E-state index in [0.29, 0.717) is 13.0 Å². The van der Waals surface area contributed by atoms with Crippen molar-refractivity contribution in [3.05, 3.63) is 17.5 Å². The van der Waals surface area contributed by atoms with Gasteiger partial charge in [0.1, 0.15) is 5.60 Å². The Balaban J connectivity index is 2.75. The first kappa shape index (κ1) is 18.5. The molecule has 0 aliphatic carbocycles. The summed E-state index contributed by atoms with van der Waals surface area (Å²) in [5, 5.41) is 17.0. The Kier molecular flexibility index (Phi) is 6.00. The van der Waals surface area contributed by atoms with E-state index in [-0.39, 0.29) is 6.61 Å². The number of aliphatic hydroxyl groups is 1. The number of aryl methyl sites for hydroxylation is 2. The molecular weight excluding hydrogens is 282 g/mol. The van der Waals surface area contributed by atoms with E-state index in [1.807, 2.05) is 52.4 Å². The minimum Gasteiger partial charge on any atom is -0.444 e. The Hall–Kier alpha value is -1.56. The molecule has 0 bridgehead atoms. The molecule has 0 aromatic carbocycles. The molecule has 0 aliphatic rings. The topological polar surface area (TPSA) is 76.4 Å². The number of aromatic nitrogens is 2. The monoisotopic (exact) mass is 311 g/mol. The first-order valence-corrected chi connectivity index (χ1v) is 7.68. The first-order valence-electron chi connectivity index (χ1n) is 7.68. The molecule has 0 saturated heterocycles. The number of ether oxygens (including phenoxy) is 1. The summed E-state index contributed by atoms with van der Waals surface area (Å²) in [6.45, 7) is 9.77. The van der Waals surface area contributed by atoms with E-state index < -0.39 is 17.1 Å². The summed E-state index contributed by atoms with van der Waals surface area (Å²) < 4.78 is 7.07. The fourth-order valence-corrected chi connectivity index (χ4v) is 2.32. The summed E-state index contributed by atoms with van der Waals surface area (Å²) in [5.41, 5.74) is 1.04. The van der Waals surface area contributed by atoms with Crippen molar-refractivity contribution in [3.8, 4) is 0 Å². The molecule has 1 unspecified atom stereocenters. The molecule has 6 nitrogen and oxygen atoms in total. The maximum Gasteiger partial charge on any atom is 0.407 e. The van der Waals surface area contributed by atoms with Crippen molar-refractivity contribution in [2.45, 2.75) is 53.1 Å². The van der Waals surface area contributed by atoms with Gasteiger partial charge in [-0.2, -0.15) is 5.10 Å². The van der Waals surface area contributed by atoms with Crippen LogP contribution in [0.5, 0.6) is 0 Å². The standard InChI is InChI=1S/C16H29N3O3/c1-7-16(11-20,9-13-8-12(2)18-19(13)6)10-17-14(21)22-15(3,4)5/h8,20H,7,9-11H2,1-6H3,(H,17,21). The van der Waals surface area contributed by atoms with Crippen LogP contribution < -0.4 is 5.32 Å². The van der Waals surface area contributed by atoms with Gasteiger partial charge in [0.05, 0.1) is 12.3 Å². The lowest BCUT2D eigenvalue weighted by Gasteiger charge is -2.31. The molecule has 1 aromatic heterocycles. The summed E-state index contributed by atoms with van der Waals surface area (Å²) >= 11 is 0. The van der Waals surface area contributed by atoms with E-state index in [1.54, 1.807) is 0 Å². The zero-order valence-corrected chi connectivity index (χ0v) is 14.6. The van der Waals surface area contributed by atoms with Crippen molar-refractivity contribution < 1.29 is 14.6 Å². The molecule has 0 spiro atoms. The SMILES string of the molecule is CCC(CO)(CNC(=O)OC(C)(C)C)Cc1cc(C)nn1C. The molecule has 1 rings (SSSR count). The number of carbonyl (C=O) groups excluding carboxylic acids is 1. The normalized spacial score (nSPS) is 14.5. The fourth-order valence-electron chi connectivity index (χ4n) is 2.32. The van der Waals surface area contributed by atoms with Crippen LogP contribution in [0.4, 0.5) is 4.79 Å². The van der Waals surface area contributed by atoms with E-state index in [2.05, 4.69) is 10.4 Å². The number of nitrogens with zero attached hydrogens (tertiary/aromatic N) is 2. The maximum atomic E-state index is 11.8. The lowest BCUT2D eigenvalue weighted by Crippen LogP contribution is -2.43. The number of nitrogens with one attached hydrogen (secondary N) is 1. The highest BCUT2D eigenvalue weighted by Gasteiger charge is 2.30. The van der Waals surface area contributed by atoms with Crippen LogP contribution >= 0.6 is 0 Å². The van der Waals surface area contributed by atoms with Gasteiger partial charge in [0.15, 0.2) is 0 Å². The molecule has 1 aromatic rings. The van der Waals surface area contributed by atoms with Gasteiger partial charge >= 0.3 is 6.09 Å². The minimum atomic E-state index is -0.530. The third-order valence-electron chi connectivity index (χ3n) is 3.75. The molecule has 1 atom stereocenters. The Morgan fingerprint density at radius 2 is 2.09 bits per heavy atom. The van der Waals surface area contributed by atoms with E-state index in [1.165, 1.54) is 0 Å². The van der Waals surface area contributed by atoms with E-state index in [0.717, 1.165) is 17.8 Å². The number of hydrogen-bond acceptors (Lipinski definition) is 4. The van der Waals surface area contributed by atoms with Crippen LogP contribution in [0, 0.1) is 12.3 Å². The van der Waals surface area contributed by atoms with Gasteiger partial charge in [-0.3, -0.25) is 4.68 Å². The zero-order valence-electron chi connectivity index (χ0n) is 14.6. The molecule has 1 amide bonds. The van der Waals surface area contributed by atoms with E-state index in [9.17, 15) is 9.90 Å². The Labute approximate surface area is 132 Å². The highest BCUT2D eigenvalue weighted by Crippen LogP contribution is 2.26. The molecule has 1 heterocycles. The quantitative estimate of drug-likeness (QED) is 0.844. The lowest BCUT2D eigenvalue weighted by molar-refractivity contribution is 0.0459. The van der Waals surface area contributed by atoms with Gasteiger partial charge in [0, 0.05) is 24.7 Å². The molecular formula is C16H29N3O3. The van der Waals surface area contributed by atoms with Crippen molar-refractivity contribution in [2.75, 3.05) is 13.2 Å². The van der Waals surface area contributed by atoms with E-state index in [4.69, 9.17) is 4.74 Å². The zero-order chi connectivity index (χ0) is 17.0. The van der Waals surface area contributed by atoms with E-state index >= 15 is 0 Å². The molecule has 2 N–H and O–H groups in total. The number of carbonyl (C=O) groups is 1. The third-order valence-corrected chi connectivity index (χ3v) is 3.75. The summed E-state index contributed by atoms with van der Waals surface area (Å²) in [5.74, 6) is 0. The number of amides is 1. The summed E-state index contributed by atoms with van der Waals surface area (Å²) in [7, 11) is 1.89. The Bertz CT molecular complexity index is 499.